The number of ether oxygens (including phenoxy) is 2. The van der Waals surface area contributed by atoms with Gasteiger partial charge < -0.3 is 19.7 Å². The number of nitrogens with one attached hydrogen (secondary N) is 1. The van der Waals surface area contributed by atoms with E-state index in [9.17, 15) is 18.0 Å². The lowest BCUT2D eigenvalue weighted by atomic mass is 10.0. The van der Waals surface area contributed by atoms with Crippen molar-refractivity contribution in [3.63, 3.8) is 0 Å². The molecule has 1 unspecified atom stereocenters. The zero-order chi connectivity index (χ0) is 17.7. The summed E-state index contributed by atoms with van der Waals surface area (Å²) in [6, 6.07) is 4.77. The average Bonchev–Trinajstić information content (AvgIpc) is 2.47. The molecule has 0 saturated carbocycles. The third-order valence-electron chi connectivity index (χ3n) is 3.57. The van der Waals surface area contributed by atoms with E-state index in [-0.39, 0.29) is 17.8 Å². The lowest BCUT2D eigenvalue weighted by Crippen LogP contribution is -2.50. The lowest BCUT2D eigenvalue weighted by molar-refractivity contribution is -0.274. The summed E-state index contributed by atoms with van der Waals surface area (Å²) >= 11 is 0. The van der Waals surface area contributed by atoms with Gasteiger partial charge in [-0.15, -0.1) is 13.2 Å². The Kier molecular flexibility index (Phi) is 5.93. The van der Waals surface area contributed by atoms with Gasteiger partial charge in [-0.3, -0.25) is 0 Å². The van der Waals surface area contributed by atoms with Gasteiger partial charge in [-0.2, -0.15) is 0 Å². The number of hydrogen-bond acceptors (Lipinski definition) is 3. The van der Waals surface area contributed by atoms with E-state index in [0.29, 0.717) is 31.4 Å². The van der Waals surface area contributed by atoms with Crippen LogP contribution in [0.15, 0.2) is 24.3 Å². The van der Waals surface area contributed by atoms with E-state index in [1.807, 2.05) is 0 Å². The SMILES string of the molecule is CC(C)CC1COCCN1C(=O)Nc1ccc(OC(F)(F)F)cc1. The van der Waals surface area contributed by atoms with Crippen molar-refractivity contribution in [1.29, 1.82) is 0 Å². The first-order valence-corrected chi connectivity index (χ1v) is 7.76. The zero-order valence-electron chi connectivity index (χ0n) is 13.6. The number of nitrogens with zero attached hydrogens (tertiary/aromatic N) is 1. The van der Waals surface area contributed by atoms with Gasteiger partial charge in [0.2, 0.25) is 0 Å². The Balaban J connectivity index is 1.97. The van der Waals surface area contributed by atoms with E-state index in [1.54, 1.807) is 4.90 Å². The van der Waals surface area contributed by atoms with Gasteiger partial charge >= 0.3 is 12.4 Å². The third kappa shape index (κ3) is 5.59. The summed E-state index contributed by atoms with van der Waals surface area (Å²) in [5.41, 5.74) is 0.407. The molecule has 1 aromatic carbocycles. The van der Waals surface area contributed by atoms with Gasteiger partial charge in [0.25, 0.3) is 0 Å². The average molecular weight is 346 g/mol. The minimum Gasteiger partial charge on any atom is -0.406 e. The fraction of sp³-hybridized carbons (Fsp3) is 0.562. The number of rotatable bonds is 4. The number of urea groups is 1. The van der Waals surface area contributed by atoms with Crippen molar-refractivity contribution in [3.05, 3.63) is 24.3 Å². The zero-order valence-corrected chi connectivity index (χ0v) is 13.6. The number of benzene rings is 1. The van der Waals surface area contributed by atoms with Crippen molar-refractivity contribution < 1.29 is 27.4 Å². The number of halogens is 3. The van der Waals surface area contributed by atoms with Crippen LogP contribution in [0.4, 0.5) is 23.7 Å². The van der Waals surface area contributed by atoms with Crippen LogP contribution in [0, 0.1) is 5.92 Å². The standard InChI is InChI=1S/C16H21F3N2O3/c1-11(2)9-13-10-23-8-7-21(13)15(22)20-12-3-5-14(6-4-12)24-16(17,18)19/h3-6,11,13H,7-10H2,1-2H3,(H,20,22). The van der Waals surface area contributed by atoms with Crippen LogP contribution in [-0.4, -0.2) is 43.1 Å². The largest absolute Gasteiger partial charge is 0.573 e. The summed E-state index contributed by atoms with van der Waals surface area (Å²) in [5, 5.41) is 2.70. The molecule has 1 fully saturated rings. The van der Waals surface area contributed by atoms with Crippen LogP contribution >= 0.6 is 0 Å². The molecule has 1 aliphatic heterocycles. The summed E-state index contributed by atoms with van der Waals surface area (Å²) in [5.74, 6) is 0.0929. The van der Waals surface area contributed by atoms with Gasteiger partial charge in [-0.25, -0.2) is 4.79 Å². The second kappa shape index (κ2) is 7.74. The highest BCUT2D eigenvalue weighted by atomic mass is 19.4. The molecule has 24 heavy (non-hydrogen) atoms. The monoisotopic (exact) mass is 346 g/mol. The first-order valence-electron chi connectivity index (χ1n) is 7.76. The van der Waals surface area contributed by atoms with Gasteiger partial charge in [-0.05, 0) is 36.6 Å². The van der Waals surface area contributed by atoms with Crippen LogP contribution < -0.4 is 10.1 Å². The molecule has 0 aromatic heterocycles. The second-order valence-electron chi connectivity index (χ2n) is 6.05. The Labute approximate surface area is 138 Å². The Bertz CT molecular complexity index is 546. The molecule has 1 saturated heterocycles. The number of amides is 2. The topological polar surface area (TPSA) is 50.8 Å². The molecule has 134 valence electrons. The van der Waals surface area contributed by atoms with Crippen molar-refractivity contribution in [2.24, 2.45) is 5.92 Å². The molecule has 0 bridgehead atoms. The summed E-state index contributed by atoms with van der Waals surface area (Å²) in [6.07, 6.45) is -3.91. The van der Waals surface area contributed by atoms with Gasteiger partial charge in [0.1, 0.15) is 5.75 Å². The maximum Gasteiger partial charge on any atom is 0.573 e. The number of carbonyl (C=O) groups excluding carboxylic acids is 1. The molecular formula is C16H21F3N2O3. The lowest BCUT2D eigenvalue weighted by Gasteiger charge is -2.36. The fourth-order valence-electron chi connectivity index (χ4n) is 2.60. The minimum absolute atomic E-state index is 0.00779. The molecule has 2 amide bonds. The van der Waals surface area contributed by atoms with E-state index in [1.165, 1.54) is 12.1 Å². The molecule has 0 aliphatic carbocycles. The maximum atomic E-state index is 12.4. The summed E-state index contributed by atoms with van der Waals surface area (Å²) in [6.45, 7) is 5.59. The second-order valence-corrected chi connectivity index (χ2v) is 6.05. The van der Waals surface area contributed by atoms with Crippen molar-refractivity contribution in [2.45, 2.75) is 32.7 Å². The number of alkyl halides is 3. The Morgan fingerprint density at radius 1 is 1.38 bits per heavy atom. The highest BCUT2D eigenvalue weighted by molar-refractivity contribution is 5.89. The molecule has 8 heteroatoms. The van der Waals surface area contributed by atoms with Crippen LogP contribution in [0.3, 0.4) is 0 Å². The number of carbonyl (C=O) groups is 1. The summed E-state index contributed by atoms with van der Waals surface area (Å²) < 4.78 is 45.6. The normalized spacial score (nSPS) is 18.6. The maximum absolute atomic E-state index is 12.4. The van der Waals surface area contributed by atoms with E-state index in [2.05, 4.69) is 23.9 Å². The summed E-state index contributed by atoms with van der Waals surface area (Å²) in [7, 11) is 0. The quantitative estimate of drug-likeness (QED) is 0.901. The summed E-state index contributed by atoms with van der Waals surface area (Å²) in [4.78, 5) is 14.1. The molecule has 2 rings (SSSR count). The molecule has 1 N–H and O–H groups in total. The fourth-order valence-corrected chi connectivity index (χ4v) is 2.60. The Hall–Kier alpha value is -1.96. The van der Waals surface area contributed by atoms with Crippen LogP contribution in [0.5, 0.6) is 5.75 Å². The predicted molar refractivity (Wildman–Crippen MR) is 82.9 cm³/mol. The molecular weight excluding hydrogens is 325 g/mol. The smallest absolute Gasteiger partial charge is 0.406 e. The van der Waals surface area contributed by atoms with Crippen molar-refractivity contribution >= 4 is 11.7 Å². The first-order chi connectivity index (χ1) is 11.2. The van der Waals surface area contributed by atoms with Crippen LogP contribution in [0.2, 0.25) is 0 Å². The first kappa shape index (κ1) is 18.4. The van der Waals surface area contributed by atoms with Crippen molar-refractivity contribution in [3.8, 4) is 5.75 Å². The van der Waals surface area contributed by atoms with Crippen LogP contribution in [0.25, 0.3) is 0 Å². The molecule has 1 atom stereocenters. The van der Waals surface area contributed by atoms with Gasteiger partial charge in [0.15, 0.2) is 0 Å². The minimum atomic E-state index is -4.73. The van der Waals surface area contributed by atoms with Gasteiger partial charge in [0.05, 0.1) is 19.3 Å². The number of morpholine rings is 1. The van der Waals surface area contributed by atoms with Crippen LogP contribution in [-0.2, 0) is 4.74 Å². The number of anilines is 1. The van der Waals surface area contributed by atoms with E-state index >= 15 is 0 Å². The molecule has 1 aromatic rings. The third-order valence-corrected chi connectivity index (χ3v) is 3.57. The highest BCUT2D eigenvalue weighted by Gasteiger charge is 2.31. The molecule has 1 heterocycles. The van der Waals surface area contributed by atoms with E-state index < -0.39 is 6.36 Å². The molecule has 0 spiro atoms. The Morgan fingerprint density at radius 2 is 2.04 bits per heavy atom. The highest BCUT2D eigenvalue weighted by Crippen LogP contribution is 2.24. The number of hydrogen-bond donors (Lipinski definition) is 1. The van der Waals surface area contributed by atoms with Crippen molar-refractivity contribution in [1.82, 2.24) is 4.90 Å². The predicted octanol–water partition coefficient (Wildman–Crippen LogP) is 3.86. The molecule has 0 radical (unpaired) electrons. The van der Waals surface area contributed by atoms with Gasteiger partial charge in [-0.1, -0.05) is 13.8 Å². The Morgan fingerprint density at radius 3 is 2.62 bits per heavy atom. The van der Waals surface area contributed by atoms with Crippen molar-refractivity contribution in [2.75, 3.05) is 25.1 Å². The van der Waals surface area contributed by atoms with E-state index in [4.69, 9.17) is 4.74 Å². The van der Waals surface area contributed by atoms with Crippen LogP contribution in [0.1, 0.15) is 20.3 Å². The molecule has 1 aliphatic rings. The van der Waals surface area contributed by atoms with E-state index in [0.717, 1.165) is 18.6 Å². The van der Waals surface area contributed by atoms with Gasteiger partial charge in [0, 0.05) is 12.2 Å². The molecule has 5 nitrogen and oxygen atoms in total.